The van der Waals surface area contributed by atoms with Crippen LogP contribution >= 0.6 is 0 Å². The van der Waals surface area contributed by atoms with Crippen LogP contribution in [0, 0.1) is 12.3 Å². The van der Waals surface area contributed by atoms with Gasteiger partial charge in [-0.3, -0.25) is 0 Å². The van der Waals surface area contributed by atoms with E-state index in [1.54, 1.807) is 0 Å². The van der Waals surface area contributed by atoms with Gasteiger partial charge in [-0.05, 0) is 24.8 Å². The van der Waals surface area contributed by atoms with Gasteiger partial charge in [0.1, 0.15) is 0 Å². The van der Waals surface area contributed by atoms with Crippen molar-refractivity contribution >= 4 is 0 Å². The molecule has 1 aliphatic rings. The number of hydrogen-bond acceptors (Lipinski definition) is 2. The van der Waals surface area contributed by atoms with E-state index in [2.05, 4.69) is 31.2 Å². The van der Waals surface area contributed by atoms with Crippen molar-refractivity contribution in [2.75, 3.05) is 13.2 Å². The second kappa shape index (κ2) is 3.37. The lowest BCUT2D eigenvalue weighted by Gasteiger charge is -2.10. The third-order valence-electron chi connectivity index (χ3n) is 3.39. The summed E-state index contributed by atoms with van der Waals surface area (Å²) in [5.74, 6) is 0.470. The molecule has 0 radical (unpaired) electrons. The molecule has 2 rings (SSSR count). The number of aliphatic hydroxyl groups excluding tert-OH is 1. The molecule has 1 aromatic rings. The highest BCUT2D eigenvalue weighted by molar-refractivity contribution is 5.32. The smallest absolute Gasteiger partial charge is 0.0505 e. The van der Waals surface area contributed by atoms with E-state index in [-0.39, 0.29) is 12.0 Å². The lowest BCUT2D eigenvalue weighted by atomic mass is 9.99. The molecule has 0 spiro atoms. The molecule has 2 unspecified atom stereocenters. The average Bonchev–Trinajstić information content (AvgIpc) is 2.94. The molecule has 1 saturated carbocycles. The number of benzene rings is 1. The van der Waals surface area contributed by atoms with Gasteiger partial charge in [0.25, 0.3) is 0 Å². The van der Waals surface area contributed by atoms with Gasteiger partial charge in [-0.2, -0.15) is 0 Å². The Bertz CT molecular complexity index is 314. The van der Waals surface area contributed by atoms with Crippen molar-refractivity contribution in [1.29, 1.82) is 0 Å². The Morgan fingerprint density at radius 1 is 1.43 bits per heavy atom. The SMILES string of the molecule is Cc1ccc(C2CC2(CN)CO)cc1. The van der Waals surface area contributed by atoms with Crippen molar-refractivity contribution in [3.63, 3.8) is 0 Å². The predicted molar refractivity (Wildman–Crippen MR) is 57.1 cm³/mol. The van der Waals surface area contributed by atoms with Gasteiger partial charge in [-0.25, -0.2) is 0 Å². The third kappa shape index (κ3) is 1.45. The monoisotopic (exact) mass is 191 g/mol. The van der Waals surface area contributed by atoms with E-state index < -0.39 is 0 Å². The molecule has 0 bridgehead atoms. The number of hydrogen-bond donors (Lipinski definition) is 2. The lowest BCUT2D eigenvalue weighted by Crippen LogP contribution is -2.21. The van der Waals surface area contributed by atoms with Crippen LogP contribution in [0.5, 0.6) is 0 Å². The molecule has 2 nitrogen and oxygen atoms in total. The van der Waals surface area contributed by atoms with Crippen molar-refractivity contribution < 1.29 is 5.11 Å². The van der Waals surface area contributed by atoms with Gasteiger partial charge in [0.05, 0.1) is 6.61 Å². The fourth-order valence-corrected chi connectivity index (χ4v) is 2.08. The molecule has 0 aromatic heterocycles. The van der Waals surface area contributed by atoms with Crippen LogP contribution in [0.15, 0.2) is 24.3 Å². The average molecular weight is 191 g/mol. The van der Waals surface area contributed by atoms with Crippen LogP contribution in [0.1, 0.15) is 23.5 Å². The van der Waals surface area contributed by atoms with Gasteiger partial charge >= 0.3 is 0 Å². The van der Waals surface area contributed by atoms with Crippen LogP contribution < -0.4 is 5.73 Å². The molecule has 1 aliphatic carbocycles. The fourth-order valence-electron chi connectivity index (χ4n) is 2.08. The fraction of sp³-hybridized carbons (Fsp3) is 0.500. The Balaban J connectivity index is 2.16. The highest BCUT2D eigenvalue weighted by Crippen LogP contribution is 2.58. The summed E-state index contributed by atoms with van der Waals surface area (Å²) in [4.78, 5) is 0. The Morgan fingerprint density at radius 3 is 2.50 bits per heavy atom. The molecular weight excluding hydrogens is 174 g/mol. The first-order valence-corrected chi connectivity index (χ1v) is 5.09. The van der Waals surface area contributed by atoms with Crippen molar-refractivity contribution in [1.82, 2.24) is 0 Å². The van der Waals surface area contributed by atoms with E-state index in [4.69, 9.17) is 5.73 Å². The molecule has 76 valence electrons. The van der Waals surface area contributed by atoms with Crippen LogP contribution in [-0.2, 0) is 0 Å². The number of rotatable bonds is 3. The Kier molecular flexibility index (Phi) is 2.33. The molecular formula is C12H17NO. The highest BCUT2D eigenvalue weighted by Gasteiger charge is 2.53. The van der Waals surface area contributed by atoms with Gasteiger partial charge in [0.15, 0.2) is 0 Å². The van der Waals surface area contributed by atoms with Crippen LogP contribution in [-0.4, -0.2) is 18.3 Å². The molecule has 14 heavy (non-hydrogen) atoms. The normalized spacial score (nSPS) is 30.4. The Hall–Kier alpha value is -0.860. The van der Waals surface area contributed by atoms with Crippen LogP contribution in [0.25, 0.3) is 0 Å². The van der Waals surface area contributed by atoms with Gasteiger partial charge < -0.3 is 10.8 Å². The first-order valence-electron chi connectivity index (χ1n) is 5.09. The molecule has 0 heterocycles. The standard InChI is InChI=1S/C12H17NO/c1-9-2-4-10(5-3-9)11-6-12(11,7-13)8-14/h2-5,11,14H,6-8,13H2,1H3. The zero-order valence-corrected chi connectivity index (χ0v) is 8.53. The van der Waals surface area contributed by atoms with Crippen molar-refractivity contribution in [3.05, 3.63) is 35.4 Å². The molecule has 2 atom stereocenters. The van der Waals surface area contributed by atoms with Gasteiger partial charge in [-0.15, -0.1) is 0 Å². The molecule has 1 aromatic carbocycles. The van der Waals surface area contributed by atoms with Crippen LogP contribution in [0.2, 0.25) is 0 Å². The van der Waals surface area contributed by atoms with E-state index in [0.717, 1.165) is 6.42 Å². The zero-order valence-electron chi connectivity index (χ0n) is 8.53. The molecule has 0 aliphatic heterocycles. The second-order valence-corrected chi connectivity index (χ2v) is 4.39. The minimum atomic E-state index is -0.0186. The van der Waals surface area contributed by atoms with Crippen molar-refractivity contribution in [3.8, 4) is 0 Å². The zero-order chi connectivity index (χ0) is 10.2. The molecule has 0 amide bonds. The predicted octanol–water partition coefficient (Wildman–Crippen LogP) is 1.42. The summed E-state index contributed by atoms with van der Waals surface area (Å²) < 4.78 is 0. The Labute approximate surface area is 84.7 Å². The summed E-state index contributed by atoms with van der Waals surface area (Å²) in [5, 5.41) is 9.26. The maximum Gasteiger partial charge on any atom is 0.0505 e. The van der Waals surface area contributed by atoms with E-state index in [9.17, 15) is 5.11 Å². The number of aryl methyl sites for hydroxylation is 1. The topological polar surface area (TPSA) is 46.2 Å². The van der Waals surface area contributed by atoms with Crippen molar-refractivity contribution in [2.45, 2.75) is 19.3 Å². The largest absolute Gasteiger partial charge is 0.396 e. The maximum atomic E-state index is 9.26. The first kappa shape index (κ1) is 9.69. The summed E-state index contributed by atoms with van der Waals surface area (Å²) in [7, 11) is 0. The van der Waals surface area contributed by atoms with Gasteiger partial charge in [0, 0.05) is 12.0 Å². The van der Waals surface area contributed by atoms with Crippen LogP contribution in [0.4, 0.5) is 0 Å². The highest BCUT2D eigenvalue weighted by atomic mass is 16.3. The van der Waals surface area contributed by atoms with E-state index in [0.29, 0.717) is 12.5 Å². The quantitative estimate of drug-likeness (QED) is 0.759. The summed E-state index contributed by atoms with van der Waals surface area (Å²) in [6, 6.07) is 8.53. The minimum absolute atomic E-state index is 0.0186. The van der Waals surface area contributed by atoms with E-state index >= 15 is 0 Å². The lowest BCUT2D eigenvalue weighted by molar-refractivity contribution is 0.211. The van der Waals surface area contributed by atoms with E-state index in [1.807, 2.05) is 0 Å². The molecule has 2 heteroatoms. The second-order valence-electron chi connectivity index (χ2n) is 4.39. The molecule has 0 saturated heterocycles. The summed E-state index contributed by atoms with van der Waals surface area (Å²) in [6.45, 7) is 2.88. The number of aliphatic hydroxyl groups is 1. The van der Waals surface area contributed by atoms with E-state index in [1.165, 1.54) is 11.1 Å². The first-order chi connectivity index (χ1) is 6.72. The van der Waals surface area contributed by atoms with Crippen LogP contribution in [0.3, 0.4) is 0 Å². The maximum absolute atomic E-state index is 9.26. The Morgan fingerprint density at radius 2 is 2.07 bits per heavy atom. The molecule has 1 fully saturated rings. The summed E-state index contributed by atoms with van der Waals surface area (Å²) in [5.41, 5.74) is 8.25. The number of nitrogens with two attached hydrogens (primary N) is 1. The summed E-state index contributed by atoms with van der Waals surface area (Å²) in [6.07, 6.45) is 1.03. The van der Waals surface area contributed by atoms with Crippen molar-refractivity contribution in [2.24, 2.45) is 11.1 Å². The summed E-state index contributed by atoms with van der Waals surface area (Å²) >= 11 is 0. The van der Waals surface area contributed by atoms with Gasteiger partial charge in [0.2, 0.25) is 0 Å². The minimum Gasteiger partial charge on any atom is -0.396 e. The van der Waals surface area contributed by atoms with Gasteiger partial charge in [-0.1, -0.05) is 29.8 Å². The molecule has 3 N–H and O–H groups in total. The third-order valence-corrected chi connectivity index (χ3v) is 3.39.